The summed E-state index contributed by atoms with van der Waals surface area (Å²) in [5, 5.41) is 21.0. The average Bonchev–Trinajstić information content (AvgIpc) is 2.89. The van der Waals surface area contributed by atoms with Gasteiger partial charge in [-0.2, -0.15) is 0 Å². The molecule has 3 saturated carbocycles. The average molecular weight is 347 g/mol. The van der Waals surface area contributed by atoms with Gasteiger partial charge in [-0.05, 0) is 85.9 Å². The largest absolute Gasteiger partial charge is 0.393 e. The molecule has 0 aromatic carbocycles. The summed E-state index contributed by atoms with van der Waals surface area (Å²) in [5.41, 5.74) is 2.04. The Morgan fingerprint density at radius 3 is 2.60 bits per heavy atom. The first-order chi connectivity index (χ1) is 11.9. The molecule has 0 aromatic heterocycles. The molecule has 3 fully saturated rings. The number of hydrogen-bond acceptors (Lipinski definition) is 2. The van der Waals surface area contributed by atoms with Gasteiger partial charge in [0.05, 0.1) is 12.2 Å². The Morgan fingerprint density at radius 1 is 1.04 bits per heavy atom. The first kappa shape index (κ1) is 18.0. The van der Waals surface area contributed by atoms with Crippen molar-refractivity contribution in [2.75, 3.05) is 0 Å². The molecule has 0 radical (unpaired) electrons. The normalized spacial score (nSPS) is 52.1. The lowest BCUT2D eigenvalue weighted by molar-refractivity contribution is -0.0882. The summed E-state index contributed by atoms with van der Waals surface area (Å²) < 4.78 is 0. The van der Waals surface area contributed by atoms with Gasteiger partial charge in [-0.25, -0.2) is 0 Å². The molecule has 0 aliphatic heterocycles. The van der Waals surface area contributed by atoms with Crippen LogP contribution < -0.4 is 0 Å². The summed E-state index contributed by atoms with van der Waals surface area (Å²) in [7, 11) is 0. The van der Waals surface area contributed by atoms with E-state index >= 15 is 0 Å². The second-order valence-corrected chi connectivity index (χ2v) is 10.2. The highest BCUT2D eigenvalue weighted by Crippen LogP contribution is 2.66. The molecule has 2 N–H and O–H groups in total. The molecule has 8 atom stereocenters. The summed E-state index contributed by atoms with van der Waals surface area (Å²) in [6, 6.07) is 0. The van der Waals surface area contributed by atoms with Crippen LogP contribution in [0.2, 0.25) is 0 Å². The highest BCUT2D eigenvalue weighted by molar-refractivity contribution is 5.27. The molecule has 0 bridgehead atoms. The summed E-state index contributed by atoms with van der Waals surface area (Å²) in [4.78, 5) is 0. The molecule has 0 unspecified atom stereocenters. The number of fused-ring (bicyclic) bond motifs is 5. The molecular weight excluding hydrogens is 308 g/mol. The van der Waals surface area contributed by atoms with Crippen molar-refractivity contribution in [3.63, 3.8) is 0 Å². The SMILES string of the molecule is CCCC[C@H]1C=C2C[C@@H](O)CC[C@]2(C)[C@H]2CC[C@]3(C)[C@@H](O)CC[C@H]3[C@H]12. The first-order valence-corrected chi connectivity index (χ1v) is 11.0. The third-order valence-electron chi connectivity index (χ3n) is 9.09. The van der Waals surface area contributed by atoms with E-state index in [9.17, 15) is 10.2 Å². The van der Waals surface area contributed by atoms with Crippen LogP contribution in [-0.2, 0) is 0 Å². The third kappa shape index (κ3) is 2.65. The fourth-order valence-corrected chi connectivity index (χ4v) is 7.49. The van der Waals surface area contributed by atoms with Crippen LogP contribution in [0.5, 0.6) is 0 Å². The van der Waals surface area contributed by atoms with Crippen LogP contribution >= 0.6 is 0 Å². The zero-order valence-corrected chi connectivity index (χ0v) is 16.5. The Balaban J connectivity index is 1.73. The van der Waals surface area contributed by atoms with Crippen LogP contribution in [0.3, 0.4) is 0 Å². The smallest absolute Gasteiger partial charge is 0.0596 e. The van der Waals surface area contributed by atoms with Crippen LogP contribution in [0, 0.1) is 34.5 Å². The van der Waals surface area contributed by atoms with Crippen LogP contribution in [0.25, 0.3) is 0 Å². The lowest BCUT2D eigenvalue weighted by Gasteiger charge is -2.59. The first-order valence-electron chi connectivity index (χ1n) is 11.0. The van der Waals surface area contributed by atoms with Gasteiger partial charge in [0.2, 0.25) is 0 Å². The maximum absolute atomic E-state index is 10.7. The van der Waals surface area contributed by atoms with Crippen LogP contribution in [0.4, 0.5) is 0 Å². The molecular formula is C23H38O2. The molecule has 4 aliphatic carbocycles. The molecule has 0 amide bonds. The Morgan fingerprint density at radius 2 is 1.84 bits per heavy atom. The Kier molecular flexibility index (Phi) is 4.60. The molecule has 142 valence electrons. The van der Waals surface area contributed by atoms with Crippen molar-refractivity contribution < 1.29 is 10.2 Å². The van der Waals surface area contributed by atoms with Gasteiger partial charge in [-0.3, -0.25) is 0 Å². The summed E-state index contributed by atoms with van der Waals surface area (Å²) >= 11 is 0. The summed E-state index contributed by atoms with van der Waals surface area (Å²) in [5.74, 6) is 2.90. The highest BCUT2D eigenvalue weighted by Gasteiger charge is 2.60. The van der Waals surface area contributed by atoms with E-state index in [1.165, 1.54) is 38.5 Å². The second kappa shape index (κ2) is 6.37. The molecule has 0 spiro atoms. The lowest BCUT2D eigenvalue weighted by atomic mass is 9.45. The predicted octanol–water partition coefficient (Wildman–Crippen LogP) is 5.09. The molecule has 0 heterocycles. The maximum Gasteiger partial charge on any atom is 0.0596 e. The van der Waals surface area contributed by atoms with Gasteiger partial charge in [-0.1, -0.05) is 45.3 Å². The molecule has 25 heavy (non-hydrogen) atoms. The van der Waals surface area contributed by atoms with Crippen LogP contribution in [-0.4, -0.2) is 22.4 Å². The van der Waals surface area contributed by atoms with Gasteiger partial charge in [0.1, 0.15) is 0 Å². The lowest BCUT2D eigenvalue weighted by Crippen LogP contribution is -2.53. The topological polar surface area (TPSA) is 40.5 Å². The monoisotopic (exact) mass is 346 g/mol. The predicted molar refractivity (Wildman–Crippen MR) is 102 cm³/mol. The van der Waals surface area contributed by atoms with Gasteiger partial charge in [0, 0.05) is 0 Å². The van der Waals surface area contributed by atoms with Crippen molar-refractivity contribution in [1.82, 2.24) is 0 Å². The standard InChI is InChI=1S/C23H38O2/c1-4-5-6-15-13-16-14-17(24)9-11-22(16,2)19-10-12-23(3)18(21(15)19)7-8-20(23)25/h13,15,17-21,24-25H,4-12,14H2,1-3H3/t15-,17-,18-,19-,20-,21-,22-,23-/m0/s1. The van der Waals surface area contributed by atoms with E-state index in [0.29, 0.717) is 17.3 Å². The minimum absolute atomic E-state index is 0.0864. The number of unbranched alkanes of at least 4 members (excludes halogenated alkanes) is 1. The number of allylic oxidation sites excluding steroid dienone is 1. The van der Waals surface area contributed by atoms with E-state index in [1.807, 2.05) is 0 Å². The minimum Gasteiger partial charge on any atom is -0.393 e. The molecule has 2 nitrogen and oxygen atoms in total. The van der Waals surface area contributed by atoms with Crippen LogP contribution in [0.15, 0.2) is 11.6 Å². The fourth-order valence-electron chi connectivity index (χ4n) is 7.49. The summed E-state index contributed by atoms with van der Waals surface area (Å²) in [6.45, 7) is 7.19. The van der Waals surface area contributed by atoms with Crippen LogP contribution in [0.1, 0.15) is 85.0 Å². The van der Waals surface area contributed by atoms with Crippen molar-refractivity contribution in [3.05, 3.63) is 11.6 Å². The van der Waals surface area contributed by atoms with Crippen molar-refractivity contribution in [1.29, 1.82) is 0 Å². The van der Waals surface area contributed by atoms with Gasteiger partial charge < -0.3 is 10.2 Å². The van der Waals surface area contributed by atoms with E-state index < -0.39 is 0 Å². The number of aliphatic hydroxyl groups is 2. The number of hydrogen-bond donors (Lipinski definition) is 2. The van der Waals surface area contributed by atoms with Crippen molar-refractivity contribution >= 4 is 0 Å². The van der Waals surface area contributed by atoms with E-state index in [0.717, 1.165) is 37.5 Å². The van der Waals surface area contributed by atoms with E-state index in [2.05, 4.69) is 26.8 Å². The Labute approximate surface area is 154 Å². The molecule has 4 rings (SSSR count). The number of rotatable bonds is 3. The quantitative estimate of drug-likeness (QED) is 0.699. The number of aliphatic hydroxyl groups excluding tert-OH is 2. The van der Waals surface area contributed by atoms with Gasteiger partial charge >= 0.3 is 0 Å². The summed E-state index contributed by atoms with van der Waals surface area (Å²) in [6.07, 6.45) is 14.0. The van der Waals surface area contributed by atoms with Crippen molar-refractivity contribution in [2.24, 2.45) is 34.5 Å². The minimum atomic E-state index is -0.121. The zero-order chi connectivity index (χ0) is 17.8. The van der Waals surface area contributed by atoms with Gasteiger partial charge in [-0.15, -0.1) is 0 Å². The third-order valence-corrected chi connectivity index (χ3v) is 9.09. The highest BCUT2D eigenvalue weighted by atomic mass is 16.3. The molecule has 2 heteroatoms. The van der Waals surface area contributed by atoms with Crippen molar-refractivity contribution in [3.8, 4) is 0 Å². The fraction of sp³-hybridized carbons (Fsp3) is 0.913. The van der Waals surface area contributed by atoms with E-state index in [1.54, 1.807) is 5.57 Å². The van der Waals surface area contributed by atoms with Gasteiger partial charge in [0.25, 0.3) is 0 Å². The van der Waals surface area contributed by atoms with E-state index in [-0.39, 0.29) is 17.6 Å². The van der Waals surface area contributed by atoms with Gasteiger partial charge in [0.15, 0.2) is 0 Å². The molecule has 0 aromatic rings. The Bertz CT molecular complexity index is 540. The van der Waals surface area contributed by atoms with Crippen molar-refractivity contribution in [2.45, 2.75) is 97.2 Å². The van der Waals surface area contributed by atoms with E-state index in [4.69, 9.17) is 0 Å². The maximum atomic E-state index is 10.7. The Hall–Kier alpha value is -0.340. The molecule has 0 saturated heterocycles. The second-order valence-electron chi connectivity index (χ2n) is 10.2. The zero-order valence-electron chi connectivity index (χ0n) is 16.5. The molecule has 4 aliphatic rings.